The summed E-state index contributed by atoms with van der Waals surface area (Å²) in [5, 5.41) is 11.5. The molecule has 4 rings (SSSR count). The normalized spacial score (nSPS) is 12.9. The molecule has 0 spiro atoms. The largest absolute Gasteiger partial charge is 0.508 e. The van der Waals surface area contributed by atoms with Gasteiger partial charge in [-0.15, -0.1) is 11.3 Å². The monoisotopic (exact) mass is 366 g/mol. The maximum atomic E-state index is 11.9. The summed E-state index contributed by atoms with van der Waals surface area (Å²) in [5.41, 5.74) is 1.86. The summed E-state index contributed by atoms with van der Waals surface area (Å²) in [5.74, 6) is 0.0778. The van der Waals surface area contributed by atoms with Gasteiger partial charge in [-0.05, 0) is 43.8 Å². The number of fused-ring (bicyclic) bond motifs is 2. The quantitative estimate of drug-likeness (QED) is 0.546. The van der Waals surface area contributed by atoms with Crippen molar-refractivity contribution in [3.63, 3.8) is 0 Å². The van der Waals surface area contributed by atoms with E-state index < -0.39 is 5.63 Å². The molecule has 0 unspecified atom stereocenters. The molecular formula is C20H18N2O3S. The second-order valence-electron chi connectivity index (χ2n) is 6.38. The first-order valence-corrected chi connectivity index (χ1v) is 9.14. The number of benzene rings is 2. The van der Waals surface area contributed by atoms with Gasteiger partial charge in [0, 0.05) is 24.1 Å². The van der Waals surface area contributed by atoms with Gasteiger partial charge in [-0.3, -0.25) is 4.90 Å². The van der Waals surface area contributed by atoms with Crippen LogP contribution in [0.25, 0.3) is 21.2 Å². The molecule has 0 saturated carbocycles. The van der Waals surface area contributed by atoms with Gasteiger partial charge >= 0.3 is 5.63 Å². The van der Waals surface area contributed by atoms with Crippen molar-refractivity contribution in [2.24, 2.45) is 0 Å². The molecule has 0 saturated heterocycles. The predicted octanol–water partition coefficient (Wildman–Crippen LogP) is 4.30. The van der Waals surface area contributed by atoms with Crippen LogP contribution in [0.5, 0.6) is 5.75 Å². The van der Waals surface area contributed by atoms with E-state index in [2.05, 4.69) is 17.9 Å². The number of aromatic hydroxyl groups is 1. The van der Waals surface area contributed by atoms with E-state index in [-0.39, 0.29) is 11.8 Å². The zero-order valence-electron chi connectivity index (χ0n) is 14.5. The Bertz CT molecular complexity index is 1120. The van der Waals surface area contributed by atoms with Crippen molar-refractivity contribution in [2.75, 3.05) is 7.05 Å². The van der Waals surface area contributed by atoms with Gasteiger partial charge in [0.25, 0.3) is 0 Å². The third-order valence-corrected chi connectivity index (χ3v) is 5.77. The molecule has 0 fully saturated rings. The summed E-state index contributed by atoms with van der Waals surface area (Å²) < 4.78 is 6.38. The molecule has 26 heavy (non-hydrogen) atoms. The Morgan fingerprint density at radius 3 is 2.85 bits per heavy atom. The van der Waals surface area contributed by atoms with Crippen molar-refractivity contribution in [3.05, 3.63) is 69.5 Å². The third-order valence-electron chi connectivity index (χ3n) is 4.56. The highest BCUT2D eigenvalue weighted by Crippen LogP contribution is 2.30. The average Bonchev–Trinajstić information content (AvgIpc) is 3.04. The Balaban J connectivity index is 1.66. The number of aromatic nitrogens is 1. The average molecular weight is 366 g/mol. The van der Waals surface area contributed by atoms with Crippen molar-refractivity contribution in [1.82, 2.24) is 9.88 Å². The van der Waals surface area contributed by atoms with Crippen molar-refractivity contribution in [1.29, 1.82) is 0 Å². The van der Waals surface area contributed by atoms with Gasteiger partial charge in [-0.25, -0.2) is 9.78 Å². The molecule has 0 amide bonds. The Morgan fingerprint density at radius 1 is 1.23 bits per heavy atom. The molecule has 2 aromatic carbocycles. The SMILES string of the molecule is C[C@@H](c1nc2ccccc2s1)N(C)Cc1cc(=O)oc2cc(O)ccc12. The molecule has 0 radical (unpaired) electrons. The lowest BCUT2D eigenvalue weighted by molar-refractivity contribution is 0.253. The molecular weight excluding hydrogens is 348 g/mol. The summed E-state index contributed by atoms with van der Waals surface area (Å²) in [6, 6.07) is 14.6. The number of nitrogens with zero attached hydrogens (tertiary/aromatic N) is 2. The standard InChI is InChI=1S/C20H18N2O3S/c1-12(20-21-16-5-3-4-6-18(16)26-20)22(2)11-13-9-19(24)25-17-10-14(23)7-8-15(13)17/h3-10,12,23H,11H2,1-2H3/t12-/m0/s1. The minimum absolute atomic E-state index is 0.0778. The predicted molar refractivity (Wildman–Crippen MR) is 104 cm³/mol. The van der Waals surface area contributed by atoms with Crippen LogP contribution in [-0.2, 0) is 6.54 Å². The summed E-state index contributed by atoms with van der Waals surface area (Å²) >= 11 is 1.69. The Labute approximate surface area is 154 Å². The van der Waals surface area contributed by atoms with Gasteiger partial charge in [-0.2, -0.15) is 0 Å². The number of thiazole rings is 1. The molecule has 0 aliphatic rings. The van der Waals surface area contributed by atoms with Crippen LogP contribution in [0.3, 0.4) is 0 Å². The first-order chi connectivity index (χ1) is 12.5. The first kappa shape index (κ1) is 16.8. The van der Waals surface area contributed by atoms with Gasteiger partial charge in [0.2, 0.25) is 0 Å². The summed E-state index contributed by atoms with van der Waals surface area (Å²) in [6.07, 6.45) is 0. The molecule has 1 N–H and O–H groups in total. The van der Waals surface area contributed by atoms with Gasteiger partial charge in [0.1, 0.15) is 16.3 Å². The first-order valence-electron chi connectivity index (χ1n) is 8.33. The summed E-state index contributed by atoms with van der Waals surface area (Å²) in [6.45, 7) is 2.68. The highest BCUT2D eigenvalue weighted by Gasteiger charge is 2.18. The molecule has 5 nitrogen and oxygen atoms in total. The van der Waals surface area contributed by atoms with Crippen LogP contribution >= 0.6 is 11.3 Å². The van der Waals surface area contributed by atoms with Crippen LogP contribution in [0.15, 0.2) is 57.7 Å². The van der Waals surface area contributed by atoms with E-state index in [0.717, 1.165) is 21.5 Å². The highest BCUT2D eigenvalue weighted by molar-refractivity contribution is 7.18. The van der Waals surface area contributed by atoms with E-state index >= 15 is 0 Å². The molecule has 2 aromatic heterocycles. The second-order valence-corrected chi connectivity index (χ2v) is 7.44. The van der Waals surface area contributed by atoms with Crippen LogP contribution in [0, 0.1) is 0 Å². The number of phenolic OH excluding ortho intramolecular Hbond substituents is 1. The minimum atomic E-state index is -0.417. The molecule has 0 bridgehead atoms. The summed E-state index contributed by atoms with van der Waals surface area (Å²) in [4.78, 5) is 18.8. The molecule has 1 atom stereocenters. The number of para-hydroxylation sites is 1. The van der Waals surface area contributed by atoms with Gasteiger partial charge in [0.05, 0.1) is 16.3 Å². The fourth-order valence-corrected chi connectivity index (χ4v) is 4.10. The fraction of sp³-hybridized carbons (Fsp3) is 0.200. The van der Waals surface area contributed by atoms with E-state index in [1.807, 2.05) is 25.2 Å². The number of hydrogen-bond donors (Lipinski definition) is 1. The molecule has 0 aliphatic heterocycles. The highest BCUT2D eigenvalue weighted by atomic mass is 32.1. The smallest absolute Gasteiger partial charge is 0.336 e. The van der Waals surface area contributed by atoms with E-state index in [9.17, 15) is 9.90 Å². The lowest BCUT2D eigenvalue weighted by atomic mass is 10.1. The zero-order chi connectivity index (χ0) is 18.3. The molecule has 6 heteroatoms. The lowest BCUT2D eigenvalue weighted by Crippen LogP contribution is -2.22. The Hall–Kier alpha value is -2.70. The lowest BCUT2D eigenvalue weighted by Gasteiger charge is -2.23. The maximum absolute atomic E-state index is 11.9. The molecule has 2 heterocycles. The molecule has 4 aromatic rings. The van der Waals surface area contributed by atoms with E-state index in [1.165, 1.54) is 16.8 Å². The van der Waals surface area contributed by atoms with Crippen molar-refractivity contribution < 1.29 is 9.52 Å². The van der Waals surface area contributed by atoms with E-state index in [4.69, 9.17) is 9.40 Å². The van der Waals surface area contributed by atoms with Crippen LogP contribution in [0.4, 0.5) is 0 Å². The van der Waals surface area contributed by atoms with Crippen LogP contribution in [0.2, 0.25) is 0 Å². The van der Waals surface area contributed by atoms with E-state index in [0.29, 0.717) is 12.1 Å². The minimum Gasteiger partial charge on any atom is -0.508 e. The zero-order valence-corrected chi connectivity index (χ0v) is 15.3. The van der Waals surface area contributed by atoms with Crippen molar-refractivity contribution >= 4 is 32.5 Å². The topological polar surface area (TPSA) is 66.6 Å². The second kappa shape index (κ2) is 6.55. The Morgan fingerprint density at radius 2 is 2.04 bits per heavy atom. The van der Waals surface area contributed by atoms with Crippen molar-refractivity contribution in [2.45, 2.75) is 19.5 Å². The van der Waals surface area contributed by atoms with Gasteiger partial charge in [0.15, 0.2) is 0 Å². The summed E-state index contributed by atoms with van der Waals surface area (Å²) in [7, 11) is 2.01. The maximum Gasteiger partial charge on any atom is 0.336 e. The van der Waals surface area contributed by atoms with Crippen LogP contribution < -0.4 is 5.63 Å². The number of rotatable bonds is 4. The number of phenols is 1. The van der Waals surface area contributed by atoms with Gasteiger partial charge in [-0.1, -0.05) is 12.1 Å². The molecule has 132 valence electrons. The van der Waals surface area contributed by atoms with Crippen LogP contribution in [0.1, 0.15) is 23.5 Å². The number of hydrogen-bond acceptors (Lipinski definition) is 6. The van der Waals surface area contributed by atoms with Crippen LogP contribution in [-0.4, -0.2) is 22.0 Å². The van der Waals surface area contributed by atoms with Gasteiger partial charge < -0.3 is 9.52 Å². The van der Waals surface area contributed by atoms with E-state index in [1.54, 1.807) is 23.5 Å². The fourth-order valence-electron chi connectivity index (χ4n) is 3.01. The molecule has 0 aliphatic carbocycles. The Kier molecular flexibility index (Phi) is 4.22. The third kappa shape index (κ3) is 3.09. The van der Waals surface area contributed by atoms with Crippen molar-refractivity contribution in [3.8, 4) is 5.75 Å².